The highest BCUT2D eigenvalue weighted by molar-refractivity contribution is 5.93. The Bertz CT molecular complexity index is 588. The predicted octanol–water partition coefficient (Wildman–Crippen LogP) is 2.76. The van der Waals surface area contributed by atoms with E-state index in [1.54, 1.807) is 0 Å². The summed E-state index contributed by atoms with van der Waals surface area (Å²) in [6.45, 7) is 2.47. The molecular formula is C11H11N3O5. The van der Waals surface area contributed by atoms with Gasteiger partial charge in [-0.1, -0.05) is 0 Å². The number of azo groups is 1. The first kappa shape index (κ1) is 14.3. The molecule has 8 nitrogen and oxygen atoms in total. The monoisotopic (exact) mass is 265 g/mol. The number of allylic oxidation sites excluding steroid dienone is 2. The van der Waals surface area contributed by atoms with Crippen molar-refractivity contribution in [2.45, 2.75) is 13.8 Å². The Hall–Kier alpha value is -2.77. The number of aliphatic hydroxyl groups is 1. The van der Waals surface area contributed by atoms with E-state index >= 15 is 0 Å². The lowest BCUT2D eigenvalue weighted by atomic mass is 10.2. The van der Waals surface area contributed by atoms with E-state index in [0.717, 1.165) is 12.1 Å². The summed E-state index contributed by atoms with van der Waals surface area (Å²) >= 11 is 0. The molecule has 8 heteroatoms. The standard InChI is InChI=1S/C11H11N3O5/c1-6(15)11(7(2)16)13-12-9-4-3-8(14(18)19)5-10(9)17/h3-5,15,17H,1-2H3. The normalized spacial score (nSPS) is 12.3. The molecule has 0 unspecified atom stereocenters. The third-order valence-corrected chi connectivity index (χ3v) is 2.10. The van der Waals surface area contributed by atoms with Gasteiger partial charge in [0.15, 0.2) is 11.5 Å². The highest BCUT2D eigenvalue weighted by Crippen LogP contribution is 2.31. The van der Waals surface area contributed by atoms with Gasteiger partial charge in [0.25, 0.3) is 5.69 Å². The van der Waals surface area contributed by atoms with Crippen LogP contribution in [0.1, 0.15) is 13.8 Å². The van der Waals surface area contributed by atoms with Gasteiger partial charge in [0.1, 0.15) is 17.2 Å². The molecule has 1 aromatic carbocycles. The van der Waals surface area contributed by atoms with Crippen molar-refractivity contribution < 1.29 is 19.9 Å². The fraction of sp³-hybridized carbons (Fsp3) is 0.182. The van der Waals surface area contributed by atoms with Crippen LogP contribution in [0.4, 0.5) is 11.4 Å². The van der Waals surface area contributed by atoms with Gasteiger partial charge >= 0.3 is 0 Å². The third kappa shape index (κ3) is 3.60. The molecular weight excluding hydrogens is 254 g/mol. The van der Waals surface area contributed by atoms with Crippen molar-refractivity contribution in [1.82, 2.24) is 0 Å². The number of ketones is 1. The largest absolute Gasteiger partial charge is 0.510 e. The van der Waals surface area contributed by atoms with Crippen LogP contribution in [0.5, 0.6) is 5.75 Å². The Morgan fingerprint density at radius 3 is 2.42 bits per heavy atom. The van der Waals surface area contributed by atoms with Gasteiger partial charge in [-0.25, -0.2) is 0 Å². The van der Waals surface area contributed by atoms with Gasteiger partial charge in [0, 0.05) is 13.0 Å². The third-order valence-electron chi connectivity index (χ3n) is 2.10. The van der Waals surface area contributed by atoms with Crippen LogP contribution in [0, 0.1) is 10.1 Å². The number of benzene rings is 1. The van der Waals surface area contributed by atoms with Gasteiger partial charge in [-0.15, -0.1) is 10.2 Å². The van der Waals surface area contributed by atoms with Crippen LogP contribution < -0.4 is 0 Å². The number of phenolic OH excluding ortho intramolecular Hbond substituents is 1. The molecule has 0 spiro atoms. The van der Waals surface area contributed by atoms with Gasteiger partial charge < -0.3 is 10.2 Å². The summed E-state index contributed by atoms with van der Waals surface area (Å²) in [7, 11) is 0. The number of nitrogens with zero attached hydrogens (tertiary/aromatic N) is 3. The summed E-state index contributed by atoms with van der Waals surface area (Å²) in [6.07, 6.45) is 0. The van der Waals surface area contributed by atoms with Gasteiger partial charge in [0.2, 0.25) is 0 Å². The van der Waals surface area contributed by atoms with Gasteiger partial charge in [0.05, 0.1) is 11.0 Å². The molecule has 0 aromatic heterocycles. The first-order valence-electron chi connectivity index (χ1n) is 5.13. The number of Topliss-reactive ketones (excluding diaryl/α,β-unsaturated/α-hetero) is 1. The zero-order chi connectivity index (χ0) is 14.6. The number of carbonyl (C=O) groups is 1. The first-order valence-corrected chi connectivity index (χ1v) is 5.13. The average molecular weight is 265 g/mol. The van der Waals surface area contributed by atoms with E-state index in [1.165, 1.54) is 19.9 Å². The summed E-state index contributed by atoms with van der Waals surface area (Å²) in [4.78, 5) is 20.9. The summed E-state index contributed by atoms with van der Waals surface area (Å²) in [5, 5.41) is 36.2. The topological polar surface area (TPSA) is 125 Å². The van der Waals surface area contributed by atoms with E-state index in [9.17, 15) is 25.1 Å². The van der Waals surface area contributed by atoms with Crippen molar-refractivity contribution in [3.8, 4) is 5.75 Å². The molecule has 1 rings (SSSR count). The smallest absolute Gasteiger partial charge is 0.273 e. The first-order chi connectivity index (χ1) is 8.82. The van der Waals surface area contributed by atoms with Crippen molar-refractivity contribution in [3.05, 3.63) is 39.8 Å². The maximum Gasteiger partial charge on any atom is 0.273 e. The number of aliphatic hydroxyl groups excluding tert-OH is 1. The fourth-order valence-corrected chi connectivity index (χ4v) is 1.21. The van der Waals surface area contributed by atoms with Gasteiger partial charge in [-0.05, 0) is 13.0 Å². The molecule has 0 heterocycles. The lowest BCUT2D eigenvalue weighted by molar-refractivity contribution is -0.384. The zero-order valence-electron chi connectivity index (χ0n) is 10.2. The summed E-state index contributed by atoms with van der Waals surface area (Å²) in [5.41, 5.74) is -0.597. The Kier molecular flexibility index (Phi) is 4.30. The molecule has 0 atom stereocenters. The fourth-order valence-electron chi connectivity index (χ4n) is 1.21. The number of nitro groups is 1. The highest BCUT2D eigenvalue weighted by Gasteiger charge is 2.11. The molecule has 0 bridgehead atoms. The minimum Gasteiger partial charge on any atom is -0.510 e. The Morgan fingerprint density at radius 2 is 2.00 bits per heavy atom. The maximum absolute atomic E-state index is 11.1. The van der Waals surface area contributed by atoms with Crippen molar-refractivity contribution in [2.24, 2.45) is 10.2 Å². The van der Waals surface area contributed by atoms with Crippen molar-refractivity contribution in [2.75, 3.05) is 0 Å². The lowest BCUT2D eigenvalue weighted by Crippen LogP contribution is -1.96. The van der Waals surface area contributed by atoms with E-state index < -0.39 is 16.5 Å². The van der Waals surface area contributed by atoms with Crippen LogP contribution in [0.2, 0.25) is 0 Å². The highest BCUT2D eigenvalue weighted by atomic mass is 16.6. The van der Waals surface area contributed by atoms with E-state index in [1.807, 2.05) is 0 Å². The van der Waals surface area contributed by atoms with E-state index in [-0.39, 0.29) is 22.8 Å². The molecule has 2 N–H and O–H groups in total. The summed E-state index contributed by atoms with van der Waals surface area (Å²) in [6, 6.07) is 3.23. The van der Waals surface area contributed by atoms with Crippen molar-refractivity contribution in [3.63, 3.8) is 0 Å². The van der Waals surface area contributed by atoms with Crippen LogP contribution in [0.15, 0.2) is 39.9 Å². The number of hydrogen-bond acceptors (Lipinski definition) is 7. The minimum absolute atomic E-state index is 0.0504. The molecule has 0 aliphatic rings. The van der Waals surface area contributed by atoms with Gasteiger partial charge in [-0.2, -0.15) is 0 Å². The molecule has 0 aliphatic carbocycles. The molecule has 0 aliphatic heterocycles. The van der Waals surface area contributed by atoms with E-state index in [2.05, 4.69) is 10.2 Å². The number of phenols is 1. The SMILES string of the molecule is CC(=O)C(N=Nc1ccc([N+](=O)[O-])cc1O)=C(C)O. The van der Waals surface area contributed by atoms with Crippen LogP contribution in [0.25, 0.3) is 0 Å². The summed E-state index contributed by atoms with van der Waals surface area (Å²) < 4.78 is 0. The molecule has 0 saturated carbocycles. The van der Waals surface area contributed by atoms with Crippen LogP contribution in [-0.2, 0) is 4.79 Å². The zero-order valence-corrected chi connectivity index (χ0v) is 10.2. The molecule has 0 fully saturated rings. The Labute approximate surface area is 107 Å². The van der Waals surface area contributed by atoms with Crippen LogP contribution >= 0.6 is 0 Å². The molecule has 100 valence electrons. The van der Waals surface area contributed by atoms with Crippen LogP contribution in [-0.4, -0.2) is 20.9 Å². The Balaban J connectivity index is 3.10. The van der Waals surface area contributed by atoms with Crippen LogP contribution in [0.3, 0.4) is 0 Å². The number of nitro benzene ring substituents is 1. The number of hydrogen-bond donors (Lipinski definition) is 2. The van der Waals surface area contributed by atoms with Crippen molar-refractivity contribution >= 4 is 17.2 Å². The number of rotatable bonds is 4. The molecule has 0 radical (unpaired) electrons. The maximum atomic E-state index is 11.1. The Morgan fingerprint density at radius 1 is 1.37 bits per heavy atom. The second kappa shape index (κ2) is 5.71. The average Bonchev–Trinajstić information content (AvgIpc) is 2.29. The number of non-ortho nitro benzene ring substituents is 1. The minimum atomic E-state index is -0.667. The van der Waals surface area contributed by atoms with Gasteiger partial charge in [-0.3, -0.25) is 14.9 Å². The lowest BCUT2D eigenvalue weighted by Gasteiger charge is -1.99. The second-order valence-electron chi connectivity index (χ2n) is 3.62. The van der Waals surface area contributed by atoms with E-state index in [0.29, 0.717) is 0 Å². The predicted molar refractivity (Wildman–Crippen MR) is 65.3 cm³/mol. The quantitative estimate of drug-likeness (QED) is 0.284. The number of carbonyl (C=O) groups excluding carboxylic acids is 1. The number of aromatic hydroxyl groups is 1. The van der Waals surface area contributed by atoms with Crippen molar-refractivity contribution in [1.29, 1.82) is 0 Å². The summed E-state index contributed by atoms with van der Waals surface area (Å²) in [5.74, 6) is -1.25. The second-order valence-corrected chi connectivity index (χ2v) is 3.62. The molecule has 1 aromatic rings. The molecule has 0 saturated heterocycles. The van der Waals surface area contributed by atoms with E-state index in [4.69, 9.17) is 0 Å². The molecule has 0 amide bonds. The molecule has 19 heavy (non-hydrogen) atoms.